The lowest BCUT2D eigenvalue weighted by molar-refractivity contribution is -0.115. The zero-order valence-electron chi connectivity index (χ0n) is 17.3. The molecule has 1 aliphatic heterocycles. The first-order valence-corrected chi connectivity index (χ1v) is 10.8. The number of rotatable bonds is 6. The smallest absolute Gasteiger partial charge is 0.264 e. The molecule has 3 aromatic rings. The van der Waals surface area contributed by atoms with Gasteiger partial charge in [0.05, 0.1) is 23.6 Å². The molecule has 2 heterocycles. The molecule has 0 bridgehead atoms. The topological polar surface area (TPSA) is 108 Å². The van der Waals surface area contributed by atoms with E-state index in [-0.39, 0.29) is 12.5 Å². The summed E-state index contributed by atoms with van der Waals surface area (Å²) in [5, 5.41) is 23.0. The Balaban J connectivity index is 1.64. The molecule has 4 rings (SSSR count). The van der Waals surface area contributed by atoms with Crippen LogP contribution in [0.25, 0.3) is 17.0 Å². The van der Waals surface area contributed by atoms with Crippen molar-refractivity contribution in [2.45, 2.75) is 13.0 Å². The zero-order chi connectivity index (χ0) is 22.5. The summed E-state index contributed by atoms with van der Waals surface area (Å²) in [5.41, 5.74) is 2.71. The van der Waals surface area contributed by atoms with E-state index in [1.54, 1.807) is 6.08 Å². The van der Waals surface area contributed by atoms with Gasteiger partial charge >= 0.3 is 0 Å². The summed E-state index contributed by atoms with van der Waals surface area (Å²) in [4.78, 5) is 21.8. The van der Waals surface area contributed by atoms with E-state index < -0.39 is 6.04 Å². The minimum atomic E-state index is -0.455. The standard InChI is InChI=1S/C24H20N4O3S/c1-2-31-22-17(12-25)13-26-19-9-8-15(10-18(19)22)11-21-23(30)28-24(32-21)27-20(14-29)16-6-4-3-5-7-16/h3-11,13,20,29H,2,14H2,1H3,(H,27,28,30)/t20-/m0/s1. The molecule has 1 saturated heterocycles. The molecule has 7 nitrogen and oxygen atoms in total. The van der Waals surface area contributed by atoms with Crippen LogP contribution < -0.4 is 10.1 Å². The fourth-order valence-corrected chi connectivity index (χ4v) is 4.20. The molecule has 0 aliphatic carbocycles. The lowest BCUT2D eigenvalue weighted by Crippen LogP contribution is -2.21. The molecule has 2 aromatic carbocycles. The number of aromatic nitrogens is 1. The van der Waals surface area contributed by atoms with E-state index in [0.29, 0.717) is 38.9 Å². The van der Waals surface area contributed by atoms with Crippen molar-refractivity contribution in [3.8, 4) is 11.8 Å². The Bertz CT molecular complexity index is 1270. The van der Waals surface area contributed by atoms with Crippen molar-refractivity contribution in [3.05, 3.63) is 76.3 Å². The molecule has 1 fully saturated rings. The van der Waals surface area contributed by atoms with Gasteiger partial charge in [0.1, 0.15) is 23.4 Å². The number of aliphatic hydroxyl groups excluding tert-OH is 1. The maximum Gasteiger partial charge on any atom is 0.264 e. The average Bonchev–Trinajstić information content (AvgIpc) is 3.17. The average molecular weight is 445 g/mol. The molecule has 1 amide bonds. The van der Waals surface area contributed by atoms with Crippen molar-refractivity contribution in [3.63, 3.8) is 0 Å². The summed E-state index contributed by atoms with van der Waals surface area (Å²) in [7, 11) is 0. The Hall–Kier alpha value is -3.67. The first kappa shape index (κ1) is 21.6. The summed E-state index contributed by atoms with van der Waals surface area (Å²) < 4.78 is 5.69. The zero-order valence-corrected chi connectivity index (χ0v) is 18.1. The molecule has 2 N–H and O–H groups in total. The van der Waals surface area contributed by atoms with Crippen LogP contribution in [0.1, 0.15) is 29.7 Å². The highest BCUT2D eigenvalue weighted by atomic mass is 32.2. The predicted octanol–water partition coefficient (Wildman–Crippen LogP) is 3.80. The number of nitrogens with one attached hydrogen (secondary N) is 1. The Morgan fingerprint density at radius 3 is 2.84 bits per heavy atom. The van der Waals surface area contributed by atoms with Crippen LogP contribution in [-0.2, 0) is 4.79 Å². The Morgan fingerprint density at radius 1 is 1.31 bits per heavy atom. The van der Waals surface area contributed by atoms with Gasteiger partial charge in [-0.15, -0.1) is 0 Å². The SMILES string of the molecule is CCOc1c(C#N)cnc2ccc(C=C3SC(=N[C@@H](CO)c4ccccc4)NC3=O)cc12. The van der Waals surface area contributed by atoms with Gasteiger partial charge in [-0.3, -0.25) is 14.8 Å². The van der Waals surface area contributed by atoms with Crippen LogP contribution >= 0.6 is 11.8 Å². The molecule has 1 aromatic heterocycles. The maximum atomic E-state index is 12.5. The first-order valence-electron chi connectivity index (χ1n) is 10.0. The highest BCUT2D eigenvalue weighted by molar-refractivity contribution is 8.18. The molecule has 0 spiro atoms. The second-order valence-corrected chi connectivity index (χ2v) is 7.96. The van der Waals surface area contributed by atoms with Gasteiger partial charge in [-0.2, -0.15) is 5.26 Å². The molecule has 160 valence electrons. The molecule has 1 atom stereocenters. The van der Waals surface area contributed by atoms with E-state index in [0.717, 1.165) is 11.1 Å². The summed E-state index contributed by atoms with van der Waals surface area (Å²) in [6.45, 7) is 2.11. The number of ether oxygens (including phenoxy) is 1. The Morgan fingerprint density at radius 2 is 2.12 bits per heavy atom. The number of hydrogen-bond donors (Lipinski definition) is 2. The van der Waals surface area contributed by atoms with E-state index in [1.807, 2.05) is 55.5 Å². The molecule has 32 heavy (non-hydrogen) atoms. The highest BCUT2D eigenvalue weighted by Crippen LogP contribution is 2.32. The molecular formula is C24H20N4O3S. The van der Waals surface area contributed by atoms with E-state index in [9.17, 15) is 15.2 Å². The quantitative estimate of drug-likeness (QED) is 0.560. The third-order valence-corrected chi connectivity index (χ3v) is 5.75. The minimum absolute atomic E-state index is 0.165. The summed E-state index contributed by atoms with van der Waals surface area (Å²) in [5.74, 6) is 0.229. The number of aliphatic hydroxyl groups is 1. The van der Waals surface area contributed by atoms with Crippen molar-refractivity contribution in [2.75, 3.05) is 13.2 Å². The minimum Gasteiger partial charge on any atom is -0.492 e. The molecule has 1 aliphatic rings. The number of carbonyl (C=O) groups is 1. The third-order valence-electron chi connectivity index (χ3n) is 4.83. The molecule has 0 radical (unpaired) electrons. The number of amides is 1. The number of benzene rings is 2. The Kier molecular flexibility index (Phi) is 6.50. The van der Waals surface area contributed by atoms with E-state index in [1.165, 1.54) is 18.0 Å². The van der Waals surface area contributed by atoms with Gasteiger partial charge in [0.2, 0.25) is 0 Å². The third kappa shape index (κ3) is 4.49. The van der Waals surface area contributed by atoms with E-state index in [2.05, 4.69) is 21.4 Å². The number of carbonyl (C=O) groups excluding carboxylic acids is 1. The van der Waals surface area contributed by atoms with E-state index >= 15 is 0 Å². The highest BCUT2D eigenvalue weighted by Gasteiger charge is 2.25. The van der Waals surface area contributed by atoms with Crippen molar-refractivity contribution in [1.82, 2.24) is 10.3 Å². The number of nitrogens with zero attached hydrogens (tertiary/aromatic N) is 3. The van der Waals surface area contributed by atoms with Crippen LogP contribution in [0.15, 0.2) is 64.6 Å². The predicted molar refractivity (Wildman–Crippen MR) is 125 cm³/mol. The van der Waals surface area contributed by atoms with Crippen LogP contribution in [0, 0.1) is 11.3 Å². The number of hydrogen-bond acceptors (Lipinski definition) is 7. The van der Waals surface area contributed by atoms with Crippen LogP contribution in [0.5, 0.6) is 5.75 Å². The van der Waals surface area contributed by atoms with Gasteiger partial charge in [0.15, 0.2) is 5.17 Å². The lowest BCUT2D eigenvalue weighted by atomic mass is 10.1. The normalized spacial score (nSPS) is 16.8. The summed E-state index contributed by atoms with van der Waals surface area (Å²) >= 11 is 1.22. The fraction of sp³-hybridized carbons (Fsp3) is 0.167. The number of fused-ring (bicyclic) bond motifs is 1. The Labute approximate surface area is 189 Å². The van der Waals surface area contributed by atoms with Gasteiger partial charge in [0.25, 0.3) is 5.91 Å². The number of nitriles is 1. The fourth-order valence-electron chi connectivity index (χ4n) is 3.33. The molecule has 8 heteroatoms. The lowest BCUT2D eigenvalue weighted by Gasteiger charge is -2.10. The van der Waals surface area contributed by atoms with Crippen molar-refractivity contribution < 1.29 is 14.6 Å². The van der Waals surface area contributed by atoms with Gasteiger partial charge < -0.3 is 15.2 Å². The van der Waals surface area contributed by atoms with Crippen molar-refractivity contribution >= 4 is 39.8 Å². The summed E-state index contributed by atoms with van der Waals surface area (Å²) in [6.07, 6.45) is 3.26. The maximum absolute atomic E-state index is 12.5. The monoisotopic (exact) mass is 444 g/mol. The van der Waals surface area contributed by atoms with Gasteiger partial charge in [0, 0.05) is 11.6 Å². The first-order chi connectivity index (χ1) is 15.6. The van der Waals surface area contributed by atoms with Crippen LogP contribution in [0.2, 0.25) is 0 Å². The number of amidine groups is 1. The van der Waals surface area contributed by atoms with Crippen LogP contribution in [0.4, 0.5) is 0 Å². The van der Waals surface area contributed by atoms with Crippen LogP contribution in [-0.4, -0.2) is 34.4 Å². The number of aliphatic imine (C=N–C) groups is 1. The second-order valence-electron chi connectivity index (χ2n) is 6.93. The molecule has 0 saturated carbocycles. The second kappa shape index (κ2) is 9.64. The summed E-state index contributed by atoms with van der Waals surface area (Å²) in [6, 6.07) is 16.6. The molecule has 0 unspecified atom stereocenters. The largest absolute Gasteiger partial charge is 0.492 e. The molecular weight excluding hydrogens is 424 g/mol. The van der Waals surface area contributed by atoms with Crippen LogP contribution in [0.3, 0.4) is 0 Å². The number of pyridine rings is 1. The van der Waals surface area contributed by atoms with Gasteiger partial charge in [-0.05, 0) is 48.0 Å². The van der Waals surface area contributed by atoms with Crippen molar-refractivity contribution in [2.24, 2.45) is 4.99 Å². The van der Waals surface area contributed by atoms with Gasteiger partial charge in [-0.1, -0.05) is 36.4 Å². The van der Waals surface area contributed by atoms with Crippen molar-refractivity contribution in [1.29, 1.82) is 5.26 Å². The van der Waals surface area contributed by atoms with Gasteiger partial charge in [-0.25, -0.2) is 0 Å². The van der Waals surface area contributed by atoms with E-state index in [4.69, 9.17) is 4.74 Å². The number of thioether (sulfide) groups is 1.